The average Bonchev–Trinajstić information content (AvgIpc) is 3.09. The summed E-state index contributed by atoms with van der Waals surface area (Å²) in [4.78, 5) is 4.20. The molecule has 0 unspecified atom stereocenters. The summed E-state index contributed by atoms with van der Waals surface area (Å²) in [5.41, 5.74) is 0.746. The number of aliphatic imine (C=N–C) groups is 1. The van der Waals surface area contributed by atoms with Gasteiger partial charge in [0.05, 0.1) is 0 Å². The molecule has 2 aromatic rings. The topological polar surface area (TPSA) is 67.1 Å². The minimum atomic E-state index is -0.138. The van der Waals surface area contributed by atoms with Gasteiger partial charge in [0.25, 0.3) is 0 Å². The first-order valence-corrected chi connectivity index (χ1v) is 9.52. The van der Waals surface area contributed by atoms with Crippen LogP contribution in [0.15, 0.2) is 35.6 Å². The molecule has 0 radical (unpaired) electrons. The maximum atomic E-state index is 13.5. The summed E-state index contributed by atoms with van der Waals surface area (Å²) in [6.45, 7) is 4.37. The third kappa shape index (κ3) is 7.48. The van der Waals surface area contributed by atoms with E-state index >= 15 is 0 Å². The highest BCUT2D eigenvalue weighted by atomic mass is 127. The number of nitrogens with one attached hydrogen (secondary N) is 2. The van der Waals surface area contributed by atoms with Crippen LogP contribution in [-0.4, -0.2) is 46.6 Å². The molecule has 2 rings (SSSR count). The van der Waals surface area contributed by atoms with E-state index in [1.54, 1.807) is 31.2 Å². The second-order valence-corrected chi connectivity index (χ2v) is 6.47. The van der Waals surface area contributed by atoms with Crippen molar-refractivity contribution in [1.82, 2.24) is 25.4 Å². The van der Waals surface area contributed by atoms with Crippen molar-refractivity contribution in [2.75, 3.05) is 25.9 Å². The Balaban J connectivity index is 0.00000338. The van der Waals surface area contributed by atoms with E-state index in [0.29, 0.717) is 5.75 Å². The first-order valence-electron chi connectivity index (χ1n) is 8.37. The van der Waals surface area contributed by atoms with Crippen LogP contribution in [0.4, 0.5) is 4.39 Å². The largest absolute Gasteiger partial charge is 0.356 e. The lowest BCUT2D eigenvalue weighted by atomic mass is 10.2. The molecule has 0 aliphatic carbocycles. The molecule has 0 amide bonds. The van der Waals surface area contributed by atoms with Crippen LogP contribution in [0, 0.1) is 5.82 Å². The number of aromatic nitrogens is 3. The van der Waals surface area contributed by atoms with Crippen molar-refractivity contribution in [2.24, 2.45) is 4.99 Å². The molecule has 0 saturated carbocycles. The quantitative estimate of drug-likeness (QED) is 0.244. The van der Waals surface area contributed by atoms with Crippen LogP contribution in [0.1, 0.15) is 18.3 Å². The van der Waals surface area contributed by atoms with Crippen LogP contribution >= 0.6 is 35.7 Å². The molecule has 0 fully saturated rings. The van der Waals surface area contributed by atoms with E-state index in [9.17, 15) is 4.39 Å². The van der Waals surface area contributed by atoms with Gasteiger partial charge in [-0.05, 0) is 11.6 Å². The zero-order chi connectivity index (χ0) is 17.9. The van der Waals surface area contributed by atoms with Gasteiger partial charge in [0.15, 0.2) is 5.96 Å². The van der Waals surface area contributed by atoms with Crippen molar-refractivity contribution in [3.05, 3.63) is 47.8 Å². The Bertz CT molecular complexity index is 679. The van der Waals surface area contributed by atoms with E-state index < -0.39 is 0 Å². The fourth-order valence-electron chi connectivity index (χ4n) is 2.29. The Hall–Kier alpha value is -1.36. The molecule has 1 aromatic carbocycles. The molecule has 0 atom stereocenters. The molecule has 1 heterocycles. The van der Waals surface area contributed by atoms with Crippen LogP contribution in [-0.2, 0) is 18.7 Å². The Morgan fingerprint density at radius 3 is 2.77 bits per heavy atom. The minimum Gasteiger partial charge on any atom is -0.356 e. The monoisotopic (exact) mass is 492 g/mol. The highest BCUT2D eigenvalue weighted by Crippen LogP contribution is 2.14. The minimum absolute atomic E-state index is 0. The van der Waals surface area contributed by atoms with Crippen LogP contribution in [0.3, 0.4) is 0 Å². The summed E-state index contributed by atoms with van der Waals surface area (Å²) in [6, 6.07) is 6.90. The number of hydrogen-bond donors (Lipinski definition) is 2. The smallest absolute Gasteiger partial charge is 0.191 e. The maximum Gasteiger partial charge on any atom is 0.191 e. The Morgan fingerprint density at radius 1 is 1.27 bits per heavy atom. The molecule has 6 nitrogen and oxygen atoms in total. The average molecular weight is 492 g/mol. The molecule has 0 bridgehead atoms. The number of nitrogens with zero attached hydrogens (tertiary/aromatic N) is 4. The highest BCUT2D eigenvalue weighted by Gasteiger charge is 2.03. The first kappa shape index (κ1) is 22.7. The Morgan fingerprint density at radius 2 is 2.04 bits per heavy atom. The summed E-state index contributed by atoms with van der Waals surface area (Å²) in [7, 11) is 1.75. The summed E-state index contributed by atoms with van der Waals surface area (Å²) in [6.07, 6.45) is 2.61. The maximum absolute atomic E-state index is 13.5. The molecule has 2 N–H and O–H groups in total. The van der Waals surface area contributed by atoms with E-state index in [1.165, 1.54) is 6.07 Å². The fourth-order valence-corrected chi connectivity index (χ4v) is 3.14. The van der Waals surface area contributed by atoms with Gasteiger partial charge in [0, 0.05) is 44.6 Å². The van der Waals surface area contributed by atoms with E-state index in [0.717, 1.165) is 49.2 Å². The number of rotatable bonds is 9. The summed E-state index contributed by atoms with van der Waals surface area (Å²) in [5, 5.41) is 14.5. The molecule has 0 aliphatic heterocycles. The van der Waals surface area contributed by atoms with E-state index in [1.807, 2.05) is 16.7 Å². The van der Waals surface area contributed by atoms with Crippen LogP contribution in [0.5, 0.6) is 0 Å². The Kier molecular flexibility index (Phi) is 11.3. The second-order valence-electron chi connectivity index (χ2n) is 5.36. The number of halogens is 2. The summed E-state index contributed by atoms with van der Waals surface area (Å²) < 4.78 is 15.6. The van der Waals surface area contributed by atoms with Gasteiger partial charge in [-0.2, -0.15) is 11.8 Å². The van der Waals surface area contributed by atoms with Crippen LogP contribution < -0.4 is 10.6 Å². The van der Waals surface area contributed by atoms with Gasteiger partial charge >= 0.3 is 0 Å². The molecule has 0 saturated heterocycles. The van der Waals surface area contributed by atoms with Gasteiger partial charge in [-0.25, -0.2) is 4.39 Å². The number of benzene rings is 1. The third-order valence-electron chi connectivity index (χ3n) is 3.63. The fraction of sp³-hybridized carbons (Fsp3) is 0.471. The van der Waals surface area contributed by atoms with Crippen LogP contribution in [0.2, 0.25) is 0 Å². The molecular weight excluding hydrogens is 466 g/mol. The van der Waals surface area contributed by atoms with Gasteiger partial charge < -0.3 is 15.2 Å². The van der Waals surface area contributed by atoms with Gasteiger partial charge in [0.2, 0.25) is 0 Å². The van der Waals surface area contributed by atoms with Crippen LogP contribution in [0.25, 0.3) is 0 Å². The van der Waals surface area contributed by atoms with Crippen molar-refractivity contribution < 1.29 is 4.39 Å². The van der Waals surface area contributed by atoms with E-state index in [-0.39, 0.29) is 29.8 Å². The van der Waals surface area contributed by atoms with Crippen molar-refractivity contribution >= 4 is 41.7 Å². The number of aryl methyl sites for hydroxylation is 1. The third-order valence-corrected chi connectivity index (χ3v) is 4.64. The first-order chi connectivity index (χ1) is 12.2. The van der Waals surface area contributed by atoms with Crippen molar-refractivity contribution in [2.45, 2.75) is 25.6 Å². The number of thioether (sulfide) groups is 1. The van der Waals surface area contributed by atoms with Gasteiger partial charge in [0.1, 0.15) is 18.0 Å². The number of guanidine groups is 1. The second kappa shape index (κ2) is 12.9. The van der Waals surface area contributed by atoms with E-state index in [4.69, 9.17) is 0 Å². The van der Waals surface area contributed by atoms with Crippen molar-refractivity contribution in [1.29, 1.82) is 0 Å². The van der Waals surface area contributed by atoms with Crippen molar-refractivity contribution in [3.63, 3.8) is 0 Å². The molecule has 0 aliphatic rings. The summed E-state index contributed by atoms with van der Waals surface area (Å²) in [5.74, 6) is 3.15. The zero-order valence-electron chi connectivity index (χ0n) is 15.1. The van der Waals surface area contributed by atoms with Gasteiger partial charge in [-0.3, -0.25) is 4.99 Å². The Labute approximate surface area is 175 Å². The molecule has 144 valence electrons. The highest BCUT2D eigenvalue weighted by molar-refractivity contribution is 14.0. The molecule has 26 heavy (non-hydrogen) atoms. The van der Waals surface area contributed by atoms with Crippen molar-refractivity contribution in [3.8, 4) is 0 Å². The summed E-state index contributed by atoms with van der Waals surface area (Å²) >= 11 is 1.69. The zero-order valence-corrected chi connectivity index (χ0v) is 18.3. The standard InChI is InChI=1S/C17H25FN6S.HI/c1-3-16-23-22-13-24(16)10-8-20-17(19-2)21-9-11-25-12-14-6-4-5-7-15(14)18;/h4-7,13H,3,8-12H2,1-2H3,(H2,19,20,21);1H. The SMILES string of the molecule is CCc1nncn1CCNC(=NC)NCCSCc1ccccc1F.I. The van der Waals surface area contributed by atoms with Gasteiger partial charge in [-0.1, -0.05) is 25.1 Å². The predicted octanol–water partition coefficient (Wildman–Crippen LogP) is 2.70. The van der Waals surface area contributed by atoms with E-state index in [2.05, 4.69) is 32.7 Å². The lowest BCUT2D eigenvalue weighted by Gasteiger charge is -2.12. The van der Waals surface area contributed by atoms with Gasteiger partial charge in [-0.15, -0.1) is 34.2 Å². The normalized spacial score (nSPS) is 11.1. The molecule has 0 spiro atoms. The molecule has 1 aromatic heterocycles. The molecular formula is C17H26FIN6S. The number of hydrogen-bond acceptors (Lipinski definition) is 4. The lowest BCUT2D eigenvalue weighted by molar-refractivity contribution is 0.617. The lowest BCUT2D eigenvalue weighted by Crippen LogP contribution is -2.39. The predicted molar refractivity (Wildman–Crippen MR) is 117 cm³/mol. The molecule has 9 heteroatoms.